The number of pyridine rings is 1. The number of hydrogen-bond acceptors (Lipinski definition) is 8. The van der Waals surface area contributed by atoms with E-state index in [-0.39, 0.29) is 43.5 Å². The highest BCUT2D eigenvalue weighted by Crippen LogP contribution is 2.31. The Morgan fingerprint density at radius 3 is 2.42 bits per heavy atom. The number of aryl methyl sites for hydroxylation is 1. The molecule has 1 aromatic heterocycles. The van der Waals surface area contributed by atoms with Gasteiger partial charge < -0.3 is 25.0 Å². The third kappa shape index (κ3) is 10.3. The van der Waals surface area contributed by atoms with Gasteiger partial charge in [-0.3, -0.25) is 9.78 Å². The lowest BCUT2D eigenvalue weighted by molar-refractivity contribution is 0.0959. The summed E-state index contributed by atoms with van der Waals surface area (Å²) in [6.45, 7) is -0.0836. The fraction of sp³-hybridized carbons (Fsp3) is 0.424. The Kier molecular flexibility index (Phi) is 12.3. The maximum Gasteiger partial charge on any atom is 0.407 e. The Hall–Kier alpha value is -4.00. The summed E-state index contributed by atoms with van der Waals surface area (Å²) in [5, 5.41) is 29.0. The van der Waals surface area contributed by atoms with Crippen molar-refractivity contribution >= 4 is 22.0 Å². The molecule has 0 bridgehead atoms. The van der Waals surface area contributed by atoms with Gasteiger partial charge in [-0.25, -0.2) is 17.9 Å². The molecule has 0 aliphatic heterocycles. The molecular formula is C33H41N3O8S. The molecule has 2 amide bonds. The summed E-state index contributed by atoms with van der Waals surface area (Å²) < 4.78 is 33.0. The van der Waals surface area contributed by atoms with Crippen LogP contribution in [-0.4, -0.2) is 77.2 Å². The van der Waals surface area contributed by atoms with Gasteiger partial charge in [0.25, 0.3) is 5.91 Å². The summed E-state index contributed by atoms with van der Waals surface area (Å²) in [7, 11) is -3.91. The number of benzene rings is 2. The first-order chi connectivity index (χ1) is 21.6. The number of nitrogens with one attached hydrogen (secondary N) is 1. The molecule has 2 aromatic carbocycles. The van der Waals surface area contributed by atoms with Crippen LogP contribution in [-0.2, 0) is 16.4 Å². The van der Waals surface area contributed by atoms with Crippen LogP contribution in [0.15, 0.2) is 67.0 Å². The molecule has 0 unspecified atom stereocenters. The SMILES string of the molecule is O=C(NS(=O)(=O)CCCO)c1ccc(-c2ccc(CCCN(C[C@@H](O)c3cccnc3)C(=O)O)cc2)cc1OC1CCCCC1. The first-order valence-electron chi connectivity index (χ1n) is 15.3. The van der Waals surface area contributed by atoms with Crippen molar-refractivity contribution in [2.45, 2.75) is 63.6 Å². The van der Waals surface area contributed by atoms with Gasteiger partial charge in [0.05, 0.1) is 30.1 Å². The van der Waals surface area contributed by atoms with Gasteiger partial charge in [0.15, 0.2) is 0 Å². The quantitative estimate of drug-likeness (QED) is 0.187. The largest absolute Gasteiger partial charge is 0.490 e. The summed E-state index contributed by atoms with van der Waals surface area (Å²) in [6.07, 6.45) is 7.10. The second-order valence-electron chi connectivity index (χ2n) is 11.2. The highest BCUT2D eigenvalue weighted by Gasteiger charge is 2.23. The van der Waals surface area contributed by atoms with Crippen LogP contribution in [0.2, 0.25) is 0 Å². The number of aliphatic hydroxyl groups excluding tert-OH is 2. The first kappa shape index (κ1) is 33.9. The standard InChI is InChI=1S/C33H41N3O8S/c37-19-6-20-45(42,43)35-32(39)29-16-15-26(21-31(29)44-28-9-2-1-3-10-28)25-13-11-24(12-14-25)7-5-18-36(33(40)41)23-30(38)27-8-4-17-34-22-27/h4,8,11-17,21-22,28,30,37-38H,1-3,5-7,9-10,18-20,23H2,(H,35,39)(H,40,41)/t30-/m1/s1. The number of amides is 2. The van der Waals surface area contributed by atoms with Crippen LogP contribution in [0.3, 0.4) is 0 Å². The van der Waals surface area contributed by atoms with E-state index >= 15 is 0 Å². The molecule has 4 rings (SSSR count). The van der Waals surface area contributed by atoms with E-state index in [2.05, 4.69) is 9.71 Å². The Bertz CT molecular complexity index is 1510. The predicted octanol–water partition coefficient (Wildman–Crippen LogP) is 4.55. The normalized spacial score (nSPS) is 14.4. The average molecular weight is 640 g/mol. The molecule has 1 heterocycles. The van der Waals surface area contributed by atoms with Crippen molar-refractivity contribution in [3.63, 3.8) is 0 Å². The first-order valence-corrected chi connectivity index (χ1v) is 16.9. The zero-order valence-corrected chi connectivity index (χ0v) is 26.0. The maximum atomic E-state index is 13.0. The highest BCUT2D eigenvalue weighted by molar-refractivity contribution is 7.90. The second kappa shape index (κ2) is 16.4. The van der Waals surface area contributed by atoms with Gasteiger partial charge >= 0.3 is 6.09 Å². The molecule has 45 heavy (non-hydrogen) atoms. The van der Waals surface area contributed by atoms with Crippen LogP contribution in [0.25, 0.3) is 11.1 Å². The number of carbonyl (C=O) groups is 2. The smallest absolute Gasteiger partial charge is 0.407 e. The summed E-state index contributed by atoms with van der Waals surface area (Å²) in [5.41, 5.74) is 3.38. The van der Waals surface area contributed by atoms with Crippen molar-refractivity contribution in [3.8, 4) is 16.9 Å². The number of aromatic nitrogens is 1. The number of hydrogen-bond donors (Lipinski definition) is 4. The minimum atomic E-state index is -3.91. The van der Waals surface area contributed by atoms with Crippen LogP contribution in [0.4, 0.5) is 4.79 Å². The molecule has 1 fully saturated rings. The Morgan fingerprint density at radius 1 is 1.02 bits per heavy atom. The van der Waals surface area contributed by atoms with Gasteiger partial charge in [-0.2, -0.15) is 0 Å². The second-order valence-corrected chi connectivity index (χ2v) is 13.1. The minimum Gasteiger partial charge on any atom is -0.490 e. The third-order valence-corrected chi connectivity index (χ3v) is 9.13. The molecule has 1 atom stereocenters. The van der Waals surface area contributed by atoms with Crippen molar-refractivity contribution < 1.29 is 38.1 Å². The maximum absolute atomic E-state index is 13.0. The van der Waals surface area contributed by atoms with Gasteiger partial charge in [0, 0.05) is 31.1 Å². The lowest BCUT2D eigenvalue weighted by Gasteiger charge is -2.24. The predicted molar refractivity (Wildman–Crippen MR) is 169 cm³/mol. The zero-order valence-electron chi connectivity index (χ0n) is 25.2. The molecule has 12 heteroatoms. The average Bonchev–Trinajstić information content (AvgIpc) is 3.04. The van der Waals surface area contributed by atoms with Gasteiger partial charge in [-0.15, -0.1) is 0 Å². The van der Waals surface area contributed by atoms with Gasteiger partial charge in [0.1, 0.15) is 5.75 Å². The molecule has 0 spiro atoms. The van der Waals surface area contributed by atoms with Gasteiger partial charge in [-0.05, 0) is 79.8 Å². The van der Waals surface area contributed by atoms with Crippen LogP contribution in [0.1, 0.15) is 72.5 Å². The number of carbonyl (C=O) groups excluding carboxylic acids is 1. The summed E-state index contributed by atoms with van der Waals surface area (Å²) in [5.74, 6) is -0.815. The molecular weight excluding hydrogens is 598 g/mol. The fourth-order valence-corrected chi connectivity index (χ4v) is 6.35. The Morgan fingerprint density at radius 2 is 1.76 bits per heavy atom. The lowest BCUT2D eigenvalue weighted by atomic mass is 9.97. The molecule has 1 aliphatic carbocycles. The van der Waals surface area contributed by atoms with Gasteiger partial charge in [0.2, 0.25) is 10.0 Å². The number of carboxylic acid groups (broad SMARTS) is 1. The van der Waals surface area contributed by atoms with E-state index in [1.807, 2.05) is 24.3 Å². The summed E-state index contributed by atoms with van der Waals surface area (Å²) >= 11 is 0. The van der Waals surface area contributed by atoms with E-state index < -0.39 is 28.1 Å². The monoisotopic (exact) mass is 639 g/mol. The van der Waals surface area contributed by atoms with Crippen molar-refractivity contribution in [1.82, 2.24) is 14.6 Å². The van der Waals surface area contributed by atoms with E-state index in [1.54, 1.807) is 36.5 Å². The molecule has 242 valence electrons. The highest BCUT2D eigenvalue weighted by atomic mass is 32.2. The number of sulfonamides is 1. The van der Waals surface area contributed by atoms with Crippen LogP contribution >= 0.6 is 0 Å². The molecule has 0 radical (unpaired) electrons. The van der Waals surface area contributed by atoms with E-state index in [9.17, 15) is 28.2 Å². The lowest BCUT2D eigenvalue weighted by Crippen LogP contribution is -2.34. The van der Waals surface area contributed by atoms with E-state index in [1.165, 1.54) is 11.1 Å². The molecule has 1 saturated carbocycles. The molecule has 11 nitrogen and oxygen atoms in total. The van der Waals surface area contributed by atoms with Crippen molar-refractivity contribution in [2.75, 3.05) is 25.4 Å². The van der Waals surface area contributed by atoms with E-state index in [0.29, 0.717) is 24.2 Å². The fourth-order valence-electron chi connectivity index (χ4n) is 5.34. The van der Waals surface area contributed by atoms with Crippen LogP contribution in [0.5, 0.6) is 5.75 Å². The van der Waals surface area contributed by atoms with E-state index in [0.717, 1.165) is 48.8 Å². The molecule has 3 aromatic rings. The third-order valence-electron chi connectivity index (χ3n) is 7.81. The number of nitrogens with zero attached hydrogens (tertiary/aromatic N) is 2. The topological polar surface area (TPSA) is 166 Å². The number of ether oxygens (including phenoxy) is 1. The van der Waals surface area contributed by atoms with Crippen LogP contribution < -0.4 is 9.46 Å². The van der Waals surface area contributed by atoms with Crippen molar-refractivity contribution in [2.24, 2.45) is 0 Å². The summed E-state index contributed by atoms with van der Waals surface area (Å²) in [6, 6.07) is 16.3. The van der Waals surface area contributed by atoms with Crippen LogP contribution in [0, 0.1) is 0 Å². The summed E-state index contributed by atoms with van der Waals surface area (Å²) in [4.78, 5) is 30.0. The Balaban J connectivity index is 1.42. The van der Waals surface area contributed by atoms with Crippen molar-refractivity contribution in [3.05, 3.63) is 83.7 Å². The van der Waals surface area contributed by atoms with Gasteiger partial charge in [-0.1, -0.05) is 42.8 Å². The van der Waals surface area contributed by atoms with Crippen molar-refractivity contribution in [1.29, 1.82) is 0 Å². The zero-order chi connectivity index (χ0) is 32.2. The van der Waals surface area contributed by atoms with E-state index in [4.69, 9.17) is 9.84 Å². The number of rotatable bonds is 15. The molecule has 4 N–H and O–H groups in total. The number of aliphatic hydroxyl groups is 2. The minimum absolute atomic E-state index is 0.0239. The Labute approximate surface area is 263 Å². The molecule has 1 aliphatic rings. The molecule has 0 saturated heterocycles.